The monoisotopic (exact) mass is 704 g/mol. The third-order valence-corrected chi connectivity index (χ3v) is 17.9. The van der Waals surface area contributed by atoms with Crippen molar-refractivity contribution >= 4 is 48.2 Å². The fourth-order valence-corrected chi connectivity index (χ4v) is 16.3. The van der Waals surface area contributed by atoms with Gasteiger partial charge in [0.05, 0.1) is 0 Å². The van der Waals surface area contributed by atoms with Crippen LogP contribution in [0.1, 0.15) is 88.1 Å². The van der Waals surface area contributed by atoms with Gasteiger partial charge in [0.25, 0.3) is 0 Å². The molecule has 4 aromatic rings. The summed E-state index contributed by atoms with van der Waals surface area (Å²) < 4.78 is 5.07. The van der Waals surface area contributed by atoms with Crippen LogP contribution in [-0.2, 0) is 38.5 Å². The topological polar surface area (TPSA) is 0 Å². The van der Waals surface area contributed by atoms with Crippen molar-refractivity contribution in [2.45, 2.75) is 72.6 Å². The van der Waals surface area contributed by atoms with Crippen LogP contribution in [0.25, 0.3) is 16.7 Å². The Morgan fingerprint density at radius 2 is 1.51 bits per heavy atom. The molecule has 0 fully saturated rings. The standard InChI is InChI=1S/C21H25.C10H9S.C8H8.2ClH.Zr/c1-20(2,3)16-7-9-18-14(12-16)11-15-13-17(21(4,5)6)8-10-19(15)18;1-8-4-5-9(7-8)10-3-2-6-11-10;1-2-8-6-4-3-5-7-8;;;/h7-10,12H,11H2,1-6H3;2-3,5-8H,1H3;3-7H,1H3;2*1H;. The molecule has 0 amide bonds. The summed E-state index contributed by atoms with van der Waals surface area (Å²) in [5.74, 6) is 0.458. The maximum absolute atomic E-state index is 2.63. The smallest absolute Gasteiger partial charge is 0.147 e. The molecule has 2 aliphatic rings. The SMILES string of the molecule is C/[C](c1ccccc1)=[Zr](\[C]1=CC(c2cccs2)=CC1C)[c]1c(C(C)(C)C)ccc2c1Cc1cc(C(C)(C)C)ccc1-2.Cl.Cl. The number of rotatable bonds is 4. The molecule has 0 radical (unpaired) electrons. The number of allylic oxidation sites excluding steroid dienone is 4. The Balaban J connectivity index is 0.00000212. The molecule has 0 N–H and O–H groups in total. The van der Waals surface area contributed by atoms with Crippen molar-refractivity contribution in [1.29, 1.82) is 0 Å². The Hall–Kier alpha value is -1.83. The zero-order chi connectivity index (χ0) is 29.1. The number of benzene rings is 3. The second-order valence-corrected chi connectivity index (χ2v) is 21.2. The first-order valence-electron chi connectivity index (χ1n) is 15.0. The molecule has 1 aromatic heterocycles. The molecule has 0 bridgehead atoms. The van der Waals surface area contributed by atoms with Gasteiger partial charge in [-0.2, -0.15) is 0 Å². The van der Waals surface area contributed by atoms with Crippen molar-refractivity contribution in [3.8, 4) is 11.1 Å². The molecule has 0 saturated carbocycles. The van der Waals surface area contributed by atoms with E-state index in [2.05, 4.69) is 146 Å². The molecular formula is C39H44Cl2SZr. The molecule has 1 unspecified atom stereocenters. The Bertz CT molecular complexity index is 1730. The molecule has 4 heteroatoms. The largest absolute Gasteiger partial charge is 0.147 e. The maximum Gasteiger partial charge on any atom is -0.147 e. The van der Waals surface area contributed by atoms with Gasteiger partial charge in [0.1, 0.15) is 0 Å². The van der Waals surface area contributed by atoms with Crippen LogP contribution in [0.5, 0.6) is 0 Å². The van der Waals surface area contributed by atoms with Gasteiger partial charge in [-0.3, -0.25) is 0 Å². The van der Waals surface area contributed by atoms with E-state index in [1.807, 2.05) is 11.3 Å². The second-order valence-electron chi connectivity index (χ2n) is 13.9. The zero-order valence-corrected chi connectivity index (χ0v) is 31.6. The molecule has 3 aromatic carbocycles. The van der Waals surface area contributed by atoms with Crippen LogP contribution in [0.15, 0.2) is 93.6 Å². The van der Waals surface area contributed by atoms with Gasteiger partial charge in [0.15, 0.2) is 0 Å². The summed E-state index contributed by atoms with van der Waals surface area (Å²) >= 11 is -0.771. The fraction of sp³-hybridized carbons (Fsp3) is 0.308. The van der Waals surface area contributed by atoms with Gasteiger partial charge < -0.3 is 0 Å². The minimum atomic E-state index is -2.63. The third kappa shape index (κ3) is 6.46. The summed E-state index contributed by atoms with van der Waals surface area (Å²) in [6, 6.07) is 27.9. The van der Waals surface area contributed by atoms with Gasteiger partial charge in [0, 0.05) is 0 Å². The fourth-order valence-electron chi connectivity index (χ4n) is 6.64. The predicted octanol–water partition coefficient (Wildman–Crippen LogP) is 10.9. The van der Waals surface area contributed by atoms with Crippen LogP contribution in [0.4, 0.5) is 0 Å². The average molecular weight is 707 g/mol. The van der Waals surface area contributed by atoms with Gasteiger partial charge in [-0.15, -0.1) is 24.8 Å². The summed E-state index contributed by atoms with van der Waals surface area (Å²) in [5.41, 5.74) is 12.1. The molecule has 6 rings (SSSR count). The number of fused-ring (bicyclic) bond motifs is 3. The van der Waals surface area contributed by atoms with E-state index >= 15 is 0 Å². The van der Waals surface area contributed by atoms with Crippen molar-refractivity contribution in [3.63, 3.8) is 0 Å². The van der Waals surface area contributed by atoms with Crippen molar-refractivity contribution < 1.29 is 21.3 Å². The van der Waals surface area contributed by atoms with Crippen molar-refractivity contribution in [2.24, 2.45) is 5.92 Å². The first-order valence-corrected chi connectivity index (χ1v) is 19.5. The molecule has 0 saturated heterocycles. The van der Waals surface area contributed by atoms with Gasteiger partial charge in [-0.1, -0.05) is 0 Å². The Kier molecular flexibility index (Phi) is 10.2. The molecule has 0 nitrogen and oxygen atoms in total. The summed E-state index contributed by atoms with van der Waals surface area (Å²) in [6.45, 7) is 19.1. The van der Waals surface area contributed by atoms with Gasteiger partial charge in [-0.25, -0.2) is 0 Å². The first kappa shape index (κ1) is 34.1. The van der Waals surface area contributed by atoms with E-state index in [0.717, 1.165) is 6.42 Å². The van der Waals surface area contributed by atoms with Crippen molar-refractivity contribution in [2.75, 3.05) is 0 Å². The Morgan fingerprint density at radius 3 is 2.14 bits per heavy atom. The van der Waals surface area contributed by atoms with E-state index < -0.39 is 21.3 Å². The quantitative estimate of drug-likeness (QED) is 0.175. The number of thiophene rings is 1. The molecule has 1 heterocycles. The molecule has 2 aliphatic carbocycles. The number of hydrogen-bond acceptors (Lipinski definition) is 1. The van der Waals surface area contributed by atoms with Crippen LogP contribution in [0.2, 0.25) is 0 Å². The van der Waals surface area contributed by atoms with Crippen molar-refractivity contribution in [1.82, 2.24) is 0 Å². The van der Waals surface area contributed by atoms with E-state index in [4.69, 9.17) is 0 Å². The minimum absolute atomic E-state index is 0. The Labute approximate surface area is 283 Å². The van der Waals surface area contributed by atoms with Crippen LogP contribution in [0, 0.1) is 5.92 Å². The van der Waals surface area contributed by atoms with Crippen LogP contribution >= 0.6 is 36.2 Å². The summed E-state index contributed by atoms with van der Waals surface area (Å²) in [7, 11) is 0. The summed E-state index contributed by atoms with van der Waals surface area (Å²) in [6.07, 6.45) is 6.18. The predicted molar refractivity (Wildman–Crippen MR) is 192 cm³/mol. The van der Waals surface area contributed by atoms with E-state index in [1.165, 1.54) is 38.3 Å². The molecule has 224 valence electrons. The molecule has 0 spiro atoms. The van der Waals surface area contributed by atoms with E-state index in [0.29, 0.717) is 5.92 Å². The molecule has 43 heavy (non-hydrogen) atoms. The van der Waals surface area contributed by atoms with Gasteiger partial charge in [0.2, 0.25) is 0 Å². The third-order valence-electron chi connectivity index (χ3n) is 8.91. The maximum atomic E-state index is 2.60. The Morgan fingerprint density at radius 1 is 0.814 bits per heavy atom. The normalized spacial score (nSPS) is 16.3. The number of halogens is 2. The molecule has 1 atom stereocenters. The van der Waals surface area contributed by atoms with Gasteiger partial charge in [-0.05, 0) is 0 Å². The van der Waals surface area contributed by atoms with Crippen LogP contribution in [0.3, 0.4) is 0 Å². The van der Waals surface area contributed by atoms with Gasteiger partial charge >= 0.3 is 261 Å². The molecular weight excluding hydrogens is 663 g/mol. The van der Waals surface area contributed by atoms with Crippen molar-refractivity contribution in [3.05, 3.63) is 126 Å². The summed E-state index contributed by atoms with van der Waals surface area (Å²) in [4.78, 5) is 1.39. The number of hydrogen-bond donors (Lipinski definition) is 0. The second kappa shape index (κ2) is 12.9. The average Bonchev–Trinajstić information content (AvgIpc) is 3.67. The van der Waals surface area contributed by atoms with E-state index in [-0.39, 0.29) is 35.6 Å². The molecule has 0 aliphatic heterocycles. The summed E-state index contributed by atoms with van der Waals surface area (Å²) in [5, 5.41) is 2.21. The zero-order valence-electron chi connectivity index (χ0n) is 26.7. The van der Waals surface area contributed by atoms with Crippen LogP contribution in [-0.4, -0.2) is 3.21 Å². The van der Waals surface area contributed by atoms with E-state index in [1.54, 1.807) is 20.9 Å². The minimum Gasteiger partial charge on any atom is -0.147 e. The first-order chi connectivity index (χ1) is 19.4. The van der Waals surface area contributed by atoms with Crippen LogP contribution < -0.4 is 3.27 Å². The van der Waals surface area contributed by atoms with E-state index in [9.17, 15) is 0 Å².